The average molecular weight is 259 g/mol. The van der Waals surface area contributed by atoms with Crippen molar-refractivity contribution < 1.29 is 4.79 Å². The molecule has 0 saturated carbocycles. The summed E-state index contributed by atoms with van der Waals surface area (Å²) < 4.78 is 1.77. The first-order valence-electron chi connectivity index (χ1n) is 6.59. The number of hydrogen-bond donors (Lipinski definition) is 1. The molecule has 19 heavy (non-hydrogen) atoms. The van der Waals surface area contributed by atoms with E-state index >= 15 is 0 Å². The van der Waals surface area contributed by atoms with Crippen molar-refractivity contribution >= 4 is 5.91 Å². The summed E-state index contributed by atoms with van der Waals surface area (Å²) in [6, 6.07) is 1.98. The summed E-state index contributed by atoms with van der Waals surface area (Å²) in [6.45, 7) is 4.33. The van der Waals surface area contributed by atoms with Crippen LogP contribution >= 0.6 is 0 Å². The number of amides is 1. The van der Waals surface area contributed by atoms with Crippen molar-refractivity contribution in [1.82, 2.24) is 24.9 Å². The first kappa shape index (κ1) is 12.0. The molecule has 6 heteroatoms. The van der Waals surface area contributed by atoms with Gasteiger partial charge in [-0.1, -0.05) is 0 Å². The SMILES string of the molecule is CCn1cc(C(=O)N2CCC(c3ccn[nH]3)C2)cn1. The van der Waals surface area contributed by atoms with Crippen LogP contribution in [0.4, 0.5) is 0 Å². The van der Waals surface area contributed by atoms with Gasteiger partial charge in [-0.15, -0.1) is 0 Å². The second-order valence-corrected chi connectivity index (χ2v) is 4.83. The van der Waals surface area contributed by atoms with E-state index in [2.05, 4.69) is 15.3 Å². The molecule has 6 nitrogen and oxygen atoms in total. The molecule has 0 aliphatic carbocycles. The molecule has 3 heterocycles. The van der Waals surface area contributed by atoms with E-state index in [0.29, 0.717) is 11.5 Å². The zero-order valence-corrected chi connectivity index (χ0v) is 10.9. The Bertz CT molecular complexity index is 559. The molecule has 0 aromatic carbocycles. The quantitative estimate of drug-likeness (QED) is 0.902. The van der Waals surface area contributed by atoms with Crippen LogP contribution in [0.5, 0.6) is 0 Å². The van der Waals surface area contributed by atoms with Crippen molar-refractivity contribution in [3.63, 3.8) is 0 Å². The van der Waals surface area contributed by atoms with Crippen molar-refractivity contribution in [2.45, 2.75) is 25.8 Å². The van der Waals surface area contributed by atoms with Crippen molar-refractivity contribution in [3.8, 4) is 0 Å². The fourth-order valence-corrected chi connectivity index (χ4v) is 2.52. The van der Waals surface area contributed by atoms with Gasteiger partial charge >= 0.3 is 0 Å². The first-order chi connectivity index (χ1) is 9.28. The molecule has 1 amide bonds. The number of likely N-dealkylation sites (tertiary alicyclic amines) is 1. The minimum atomic E-state index is 0.0710. The fraction of sp³-hybridized carbons (Fsp3) is 0.462. The van der Waals surface area contributed by atoms with Gasteiger partial charge in [-0.2, -0.15) is 10.2 Å². The maximum absolute atomic E-state index is 12.3. The highest BCUT2D eigenvalue weighted by molar-refractivity contribution is 5.94. The summed E-state index contributed by atoms with van der Waals surface area (Å²) in [5.41, 5.74) is 1.78. The molecule has 2 aromatic heterocycles. The number of aryl methyl sites for hydroxylation is 1. The number of nitrogens with one attached hydrogen (secondary N) is 1. The van der Waals surface area contributed by atoms with Gasteiger partial charge in [-0.05, 0) is 19.4 Å². The lowest BCUT2D eigenvalue weighted by atomic mass is 10.1. The smallest absolute Gasteiger partial charge is 0.257 e. The highest BCUT2D eigenvalue weighted by Gasteiger charge is 2.29. The summed E-state index contributed by atoms with van der Waals surface area (Å²) >= 11 is 0. The Labute approximate surface area is 111 Å². The number of carbonyl (C=O) groups is 1. The van der Waals surface area contributed by atoms with Crippen molar-refractivity contribution in [2.75, 3.05) is 13.1 Å². The van der Waals surface area contributed by atoms with Gasteiger partial charge in [0.25, 0.3) is 5.91 Å². The predicted molar refractivity (Wildman–Crippen MR) is 69.8 cm³/mol. The second kappa shape index (κ2) is 4.87. The van der Waals surface area contributed by atoms with Crippen LogP contribution in [-0.4, -0.2) is 43.9 Å². The number of nitrogens with zero attached hydrogens (tertiary/aromatic N) is 4. The van der Waals surface area contributed by atoms with Gasteiger partial charge < -0.3 is 4.90 Å². The minimum absolute atomic E-state index is 0.0710. The lowest BCUT2D eigenvalue weighted by Crippen LogP contribution is -2.28. The third-order valence-corrected chi connectivity index (χ3v) is 3.64. The largest absolute Gasteiger partial charge is 0.338 e. The Morgan fingerprint density at radius 2 is 2.47 bits per heavy atom. The van der Waals surface area contributed by atoms with Crippen LogP contribution < -0.4 is 0 Å². The highest BCUT2D eigenvalue weighted by atomic mass is 16.2. The number of aromatic amines is 1. The molecular formula is C13H17N5O. The normalized spacial score (nSPS) is 19.0. The number of carbonyl (C=O) groups excluding carboxylic acids is 1. The monoisotopic (exact) mass is 259 g/mol. The van der Waals surface area contributed by atoms with Crippen LogP contribution in [-0.2, 0) is 6.54 Å². The standard InChI is InChI=1S/C13H17N5O/c1-2-18-9-11(7-15-18)13(19)17-6-4-10(8-17)12-3-5-14-16-12/h3,5,7,9-10H,2,4,6,8H2,1H3,(H,14,16). The summed E-state index contributed by atoms with van der Waals surface area (Å²) in [5, 5.41) is 11.1. The molecule has 0 radical (unpaired) electrons. The fourth-order valence-electron chi connectivity index (χ4n) is 2.52. The second-order valence-electron chi connectivity index (χ2n) is 4.83. The van der Waals surface area contributed by atoms with Gasteiger partial charge in [0.05, 0.1) is 11.8 Å². The lowest BCUT2D eigenvalue weighted by molar-refractivity contribution is 0.0790. The highest BCUT2D eigenvalue weighted by Crippen LogP contribution is 2.26. The Kier molecular flexibility index (Phi) is 3.06. The van der Waals surface area contributed by atoms with Crippen LogP contribution in [0.1, 0.15) is 35.3 Å². The maximum Gasteiger partial charge on any atom is 0.257 e. The number of rotatable bonds is 3. The number of hydrogen-bond acceptors (Lipinski definition) is 3. The number of aromatic nitrogens is 4. The maximum atomic E-state index is 12.3. The first-order valence-corrected chi connectivity index (χ1v) is 6.59. The lowest BCUT2D eigenvalue weighted by Gasteiger charge is -2.14. The summed E-state index contributed by atoms with van der Waals surface area (Å²) in [6.07, 6.45) is 6.20. The molecule has 1 aliphatic rings. The van der Waals surface area contributed by atoms with Crippen LogP contribution in [0.3, 0.4) is 0 Å². The molecule has 1 aliphatic heterocycles. The average Bonchev–Trinajstić information content (AvgIpc) is 3.16. The zero-order valence-electron chi connectivity index (χ0n) is 10.9. The van der Waals surface area contributed by atoms with E-state index < -0.39 is 0 Å². The molecule has 2 aromatic rings. The van der Waals surface area contributed by atoms with Gasteiger partial charge in [-0.3, -0.25) is 14.6 Å². The Morgan fingerprint density at radius 1 is 1.58 bits per heavy atom. The van der Waals surface area contributed by atoms with Crippen LogP contribution in [0, 0.1) is 0 Å². The van der Waals surface area contributed by atoms with Gasteiger partial charge in [0.2, 0.25) is 0 Å². The Morgan fingerprint density at radius 3 is 3.16 bits per heavy atom. The molecule has 1 unspecified atom stereocenters. The molecule has 3 rings (SSSR count). The summed E-state index contributed by atoms with van der Waals surface area (Å²) in [5.74, 6) is 0.439. The third-order valence-electron chi connectivity index (χ3n) is 3.64. The van der Waals surface area contributed by atoms with E-state index in [1.807, 2.05) is 24.1 Å². The van der Waals surface area contributed by atoms with Crippen molar-refractivity contribution in [2.24, 2.45) is 0 Å². The molecular weight excluding hydrogens is 242 g/mol. The Balaban J connectivity index is 1.69. The predicted octanol–water partition coefficient (Wildman–Crippen LogP) is 1.26. The van der Waals surface area contributed by atoms with E-state index in [1.165, 1.54) is 0 Å². The Hall–Kier alpha value is -2.11. The molecule has 1 fully saturated rings. The van der Waals surface area contributed by atoms with Gasteiger partial charge in [0, 0.05) is 43.6 Å². The topological polar surface area (TPSA) is 66.8 Å². The van der Waals surface area contributed by atoms with E-state index in [0.717, 1.165) is 31.7 Å². The minimum Gasteiger partial charge on any atom is -0.338 e. The molecule has 0 bridgehead atoms. The van der Waals surface area contributed by atoms with E-state index in [9.17, 15) is 4.79 Å². The van der Waals surface area contributed by atoms with Crippen LogP contribution in [0.15, 0.2) is 24.7 Å². The van der Waals surface area contributed by atoms with Gasteiger partial charge in [0.1, 0.15) is 0 Å². The number of H-pyrrole nitrogens is 1. The summed E-state index contributed by atoms with van der Waals surface area (Å²) in [7, 11) is 0. The molecule has 1 atom stereocenters. The van der Waals surface area contributed by atoms with Crippen LogP contribution in [0.25, 0.3) is 0 Å². The van der Waals surface area contributed by atoms with Crippen molar-refractivity contribution in [1.29, 1.82) is 0 Å². The molecule has 1 saturated heterocycles. The van der Waals surface area contributed by atoms with Crippen LogP contribution in [0.2, 0.25) is 0 Å². The van der Waals surface area contributed by atoms with E-state index in [4.69, 9.17) is 0 Å². The molecule has 0 spiro atoms. The van der Waals surface area contributed by atoms with E-state index in [1.54, 1.807) is 17.1 Å². The van der Waals surface area contributed by atoms with E-state index in [-0.39, 0.29) is 5.91 Å². The third kappa shape index (κ3) is 2.25. The zero-order chi connectivity index (χ0) is 13.2. The van der Waals surface area contributed by atoms with Gasteiger partial charge in [-0.25, -0.2) is 0 Å². The van der Waals surface area contributed by atoms with Gasteiger partial charge in [0.15, 0.2) is 0 Å². The molecule has 100 valence electrons. The van der Waals surface area contributed by atoms with Crippen molar-refractivity contribution in [3.05, 3.63) is 35.9 Å². The molecule has 1 N–H and O–H groups in total. The summed E-state index contributed by atoms with van der Waals surface area (Å²) in [4.78, 5) is 14.2.